The molecule has 1 amide bonds. The molecule has 1 saturated heterocycles. The number of anilines is 2. The number of carbonyl (C=O) groups is 1. The summed E-state index contributed by atoms with van der Waals surface area (Å²) in [6, 6.07) is 9.59. The fourth-order valence-corrected chi connectivity index (χ4v) is 2.41. The number of nitrogens with one attached hydrogen (secondary N) is 1. The molecule has 0 atom stereocenters. The number of rotatable bonds is 3. The van der Waals surface area contributed by atoms with Gasteiger partial charge in [0.15, 0.2) is 11.5 Å². The number of ether oxygens (including phenoxy) is 1. The Morgan fingerprint density at radius 2 is 1.87 bits per heavy atom. The maximum atomic E-state index is 12.3. The van der Waals surface area contributed by atoms with Gasteiger partial charge in [0.25, 0.3) is 5.91 Å². The molecule has 6 heteroatoms. The van der Waals surface area contributed by atoms with Gasteiger partial charge >= 0.3 is 0 Å². The molecule has 0 aliphatic carbocycles. The third-order valence-electron chi connectivity index (χ3n) is 3.96. The van der Waals surface area contributed by atoms with E-state index in [-0.39, 0.29) is 5.91 Å². The number of carbonyl (C=O) groups excluding carboxylic acids is 1. The van der Waals surface area contributed by atoms with Crippen molar-refractivity contribution in [3.05, 3.63) is 47.2 Å². The number of nitrogens with zero attached hydrogens (tertiary/aromatic N) is 3. The molecule has 0 saturated carbocycles. The van der Waals surface area contributed by atoms with Gasteiger partial charge in [-0.25, -0.2) is 0 Å². The zero-order valence-corrected chi connectivity index (χ0v) is 13.4. The van der Waals surface area contributed by atoms with Crippen molar-refractivity contribution >= 4 is 17.4 Å². The van der Waals surface area contributed by atoms with Crippen molar-refractivity contribution in [2.45, 2.75) is 13.8 Å². The van der Waals surface area contributed by atoms with Crippen LogP contribution in [0.3, 0.4) is 0 Å². The summed E-state index contributed by atoms with van der Waals surface area (Å²) in [5.74, 6) is 0.519. The predicted octanol–water partition coefficient (Wildman–Crippen LogP) is 2.31. The topological polar surface area (TPSA) is 67.4 Å². The summed E-state index contributed by atoms with van der Waals surface area (Å²) >= 11 is 0. The van der Waals surface area contributed by atoms with E-state index >= 15 is 0 Å². The van der Waals surface area contributed by atoms with E-state index in [0.29, 0.717) is 37.8 Å². The van der Waals surface area contributed by atoms with Crippen molar-refractivity contribution < 1.29 is 9.53 Å². The lowest BCUT2D eigenvalue weighted by atomic mass is 10.1. The molecule has 6 nitrogen and oxygen atoms in total. The van der Waals surface area contributed by atoms with E-state index in [0.717, 1.165) is 5.69 Å². The average molecular weight is 312 g/mol. The van der Waals surface area contributed by atoms with Crippen molar-refractivity contribution in [3.8, 4) is 0 Å². The molecule has 0 bridgehead atoms. The number of aryl methyl sites for hydroxylation is 2. The second kappa shape index (κ2) is 6.75. The Morgan fingerprint density at radius 1 is 1.09 bits per heavy atom. The van der Waals surface area contributed by atoms with Gasteiger partial charge in [-0.15, -0.1) is 10.2 Å². The smallest absolute Gasteiger partial charge is 0.274 e. The minimum absolute atomic E-state index is 0.0986. The van der Waals surface area contributed by atoms with Crippen LogP contribution in [0, 0.1) is 13.8 Å². The molecule has 1 aliphatic rings. The maximum absolute atomic E-state index is 12.3. The lowest BCUT2D eigenvalue weighted by molar-refractivity contribution is 0.0298. The molecule has 1 aromatic heterocycles. The van der Waals surface area contributed by atoms with E-state index in [1.165, 1.54) is 11.1 Å². The summed E-state index contributed by atoms with van der Waals surface area (Å²) in [6.45, 7) is 6.49. The molecule has 120 valence electrons. The summed E-state index contributed by atoms with van der Waals surface area (Å²) in [5, 5.41) is 11.3. The normalized spacial score (nSPS) is 14.6. The molecule has 1 aromatic carbocycles. The first-order valence-electron chi connectivity index (χ1n) is 7.68. The number of hydrogen-bond donors (Lipinski definition) is 1. The van der Waals surface area contributed by atoms with E-state index in [4.69, 9.17) is 4.74 Å². The third kappa shape index (κ3) is 3.65. The number of amides is 1. The number of benzene rings is 1. The van der Waals surface area contributed by atoms with Crippen molar-refractivity contribution in [3.63, 3.8) is 0 Å². The fourth-order valence-electron chi connectivity index (χ4n) is 2.41. The Hall–Kier alpha value is -2.47. The molecule has 0 spiro atoms. The second-order valence-electron chi connectivity index (χ2n) is 5.63. The van der Waals surface area contributed by atoms with E-state index in [9.17, 15) is 4.79 Å². The van der Waals surface area contributed by atoms with Crippen LogP contribution in [0.5, 0.6) is 0 Å². The Kier molecular flexibility index (Phi) is 4.52. The molecule has 1 N–H and O–H groups in total. The fraction of sp³-hybridized carbons (Fsp3) is 0.353. The summed E-state index contributed by atoms with van der Waals surface area (Å²) in [6.07, 6.45) is 0. The Morgan fingerprint density at radius 3 is 2.52 bits per heavy atom. The highest BCUT2D eigenvalue weighted by Gasteiger charge is 2.19. The molecule has 2 aromatic rings. The predicted molar refractivity (Wildman–Crippen MR) is 88.0 cm³/mol. The van der Waals surface area contributed by atoms with Gasteiger partial charge in [0.1, 0.15) is 0 Å². The van der Waals surface area contributed by atoms with Crippen LogP contribution in [0.15, 0.2) is 30.3 Å². The zero-order valence-electron chi connectivity index (χ0n) is 13.4. The zero-order chi connectivity index (χ0) is 16.2. The third-order valence-corrected chi connectivity index (χ3v) is 3.96. The van der Waals surface area contributed by atoms with Crippen LogP contribution in [0.1, 0.15) is 21.6 Å². The van der Waals surface area contributed by atoms with Gasteiger partial charge in [0.05, 0.1) is 13.2 Å². The summed E-state index contributed by atoms with van der Waals surface area (Å²) < 4.78 is 5.25. The summed E-state index contributed by atoms with van der Waals surface area (Å²) in [5.41, 5.74) is 3.77. The summed E-state index contributed by atoms with van der Waals surface area (Å²) in [7, 11) is 0. The van der Waals surface area contributed by atoms with Crippen LogP contribution in [-0.2, 0) is 4.74 Å². The quantitative estimate of drug-likeness (QED) is 0.942. The number of hydrogen-bond acceptors (Lipinski definition) is 5. The SMILES string of the molecule is Cc1ccc(Nc2ccc(C(=O)N3CCOCC3)nn2)cc1C. The largest absolute Gasteiger partial charge is 0.378 e. The highest BCUT2D eigenvalue weighted by atomic mass is 16.5. The Balaban J connectivity index is 1.68. The molecule has 23 heavy (non-hydrogen) atoms. The molecule has 0 unspecified atom stereocenters. The molecule has 1 fully saturated rings. The second-order valence-corrected chi connectivity index (χ2v) is 5.63. The van der Waals surface area contributed by atoms with E-state index in [1.54, 1.807) is 17.0 Å². The van der Waals surface area contributed by atoms with Gasteiger partial charge in [0.2, 0.25) is 0 Å². The van der Waals surface area contributed by atoms with Gasteiger partial charge in [0, 0.05) is 18.8 Å². The molecule has 3 rings (SSSR count). The minimum Gasteiger partial charge on any atom is -0.378 e. The Labute approximate surface area is 135 Å². The van der Waals surface area contributed by atoms with Gasteiger partial charge in [-0.05, 0) is 49.2 Å². The van der Waals surface area contributed by atoms with Gasteiger partial charge < -0.3 is 15.0 Å². The monoisotopic (exact) mass is 312 g/mol. The van der Waals surface area contributed by atoms with Gasteiger partial charge in [-0.3, -0.25) is 4.79 Å². The first-order valence-corrected chi connectivity index (χ1v) is 7.68. The van der Waals surface area contributed by atoms with Gasteiger partial charge in [-0.1, -0.05) is 6.07 Å². The van der Waals surface area contributed by atoms with Crippen LogP contribution in [0.25, 0.3) is 0 Å². The maximum Gasteiger partial charge on any atom is 0.274 e. The summed E-state index contributed by atoms with van der Waals surface area (Å²) in [4.78, 5) is 14.0. The lowest BCUT2D eigenvalue weighted by Gasteiger charge is -2.26. The molecular formula is C17H20N4O2. The highest BCUT2D eigenvalue weighted by molar-refractivity contribution is 5.92. The standard InChI is InChI=1S/C17H20N4O2/c1-12-3-4-14(11-13(12)2)18-16-6-5-15(19-20-16)17(22)21-7-9-23-10-8-21/h3-6,11H,7-10H2,1-2H3,(H,18,20). The van der Waals surface area contributed by atoms with E-state index in [1.807, 2.05) is 6.07 Å². The van der Waals surface area contributed by atoms with Crippen LogP contribution < -0.4 is 5.32 Å². The molecule has 1 aliphatic heterocycles. The number of aromatic nitrogens is 2. The average Bonchev–Trinajstić information content (AvgIpc) is 2.59. The van der Waals surface area contributed by atoms with Crippen LogP contribution in [0.4, 0.5) is 11.5 Å². The van der Waals surface area contributed by atoms with Gasteiger partial charge in [-0.2, -0.15) is 0 Å². The van der Waals surface area contributed by atoms with Crippen molar-refractivity contribution in [2.75, 3.05) is 31.6 Å². The number of morpholine rings is 1. The molecule has 0 radical (unpaired) electrons. The first kappa shape index (κ1) is 15.4. The van der Waals surface area contributed by atoms with E-state index in [2.05, 4.69) is 41.5 Å². The molecular weight excluding hydrogens is 292 g/mol. The molecule has 2 heterocycles. The van der Waals surface area contributed by atoms with Crippen molar-refractivity contribution in [1.29, 1.82) is 0 Å². The van der Waals surface area contributed by atoms with Crippen LogP contribution >= 0.6 is 0 Å². The minimum atomic E-state index is -0.0986. The first-order chi connectivity index (χ1) is 11.1. The van der Waals surface area contributed by atoms with Crippen molar-refractivity contribution in [1.82, 2.24) is 15.1 Å². The Bertz CT molecular complexity index is 694. The van der Waals surface area contributed by atoms with E-state index < -0.39 is 0 Å². The van der Waals surface area contributed by atoms with Crippen molar-refractivity contribution in [2.24, 2.45) is 0 Å². The van der Waals surface area contributed by atoms with Crippen LogP contribution in [-0.4, -0.2) is 47.3 Å². The lowest BCUT2D eigenvalue weighted by Crippen LogP contribution is -2.41. The highest BCUT2D eigenvalue weighted by Crippen LogP contribution is 2.18. The van der Waals surface area contributed by atoms with Crippen LogP contribution in [0.2, 0.25) is 0 Å².